The Morgan fingerprint density at radius 1 is 1.00 bits per heavy atom. The second-order valence-corrected chi connectivity index (χ2v) is 9.68. The summed E-state index contributed by atoms with van der Waals surface area (Å²) in [6.45, 7) is 6.88. The monoisotopic (exact) mass is 418 g/mol. The lowest BCUT2D eigenvalue weighted by molar-refractivity contribution is 0.173. The van der Waals surface area contributed by atoms with Gasteiger partial charge in [-0.05, 0) is 29.7 Å². The van der Waals surface area contributed by atoms with E-state index in [1.807, 2.05) is 12.1 Å². The summed E-state index contributed by atoms with van der Waals surface area (Å²) in [5.74, 6) is 1.70. The van der Waals surface area contributed by atoms with Crippen LogP contribution in [0.25, 0.3) is 0 Å². The topological polar surface area (TPSA) is 79.3 Å². The summed E-state index contributed by atoms with van der Waals surface area (Å²) in [5, 5.41) is 10.2. The molecule has 8 heteroatoms. The number of hydrogen-bond acceptors (Lipinski definition) is 6. The highest BCUT2D eigenvalue weighted by atomic mass is 32.2. The molecule has 1 fully saturated rings. The van der Waals surface area contributed by atoms with E-state index in [0.717, 1.165) is 11.1 Å². The number of phenols is 1. The maximum absolute atomic E-state index is 13.0. The van der Waals surface area contributed by atoms with Gasteiger partial charge in [-0.15, -0.1) is 0 Å². The molecule has 1 saturated heterocycles. The van der Waals surface area contributed by atoms with Crippen molar-refractivity contribution in [3.63, 3.8) is 0 Å². The van der Waals surface area contributed by atoms with Crippen molar-refractivity contribution in [2.45, 2.75) is 31.2 Å². The summed E-state index contributed by atoms with van der Waals surface area (Å²) in [5.41, 5.74) is 1.87. The lowest BCUT2D eigenvalue weighted by atomic mass is 10.0. The molecule has 2 aliphatic heterocycles. The molecule has 0 unspecified atom stereocenters. The van der Waals surface area contributed by atoms with Crippen LogP contribution in [-0.2, 0) is 16.6 Å². The second-order valence-electron chi connectivity index (χ2n) is 7.74. The van der Waals surface area contributed by atoms with Gasteiger partial charge in [-0.3, -0.25) is 4.90 Å². The number of benzene rings is 2. The molecule has 4 rings (SSSR count). The molecule has 0 saturated carbocycles. The molecule has 0 spiro atoms. The van der Waals surface area contributed by atoms with Crippen molar-refractivity contribution < 1.29 is 23.0 Å². The molecule has 156 valence electrons. The molecule has 0 atom stereocenters. The van der Waals surface area contributed by atoms with E-state index in [4.69, 9.17) is 9.47 Å². The van der Waals surface area contributed by atoms with E-state index in [0.29, 0.717) is 55.0 Å². The van der Waals surface area contributed by atoms with Gasteiger partial charge in [0.1, 0.15) is 5.75 Å². The predicted molar refractivity (Wildman–Crippen MR) is 109 cm³/mol. The lowest BCUT2D eigenvalue weighted by Crippen LogP contribution is -2.48. The van der Waals surface area contributed by atoms with Crippen LogP contribution in [0.4, 0.5) is 0 Å². The first-order chi connectivity index (χ1) is 13.8. The van der Waals surface area contributed by atoms with Gasteiger partial charge >= 0.3 is 0 Å². The number of aromatic hydroxyl groups is 1. The molecule has 0 radical (unpaired) electrons. The van der Waals surface area contributed by atoms with E-state index < -0.39 is 10.0 Å². The van der Waals surface area contributed by atoms with E-state index in [-0.39, 0.29) is 12.5 Å². The molecule has 0 bridgehead atoms. The Balaban J connectivity index is 1.40. The van der Waals surface area contributed by atoms with E-state index in [9.17, 15) is 13.5 Å². The number of rotatable bonds is 5. The molecule has 0 aromatic heterocycles. The van der Waals surface area contributed by atoms with Crippen LogP contribution in [0.2, 0.25) is 0 Å². The molecule has 2 aromatic rings. The standard InChI is InChI=1S/C21H26N2O5S/c1-15(2)16-3-5-18(6-4-16)29(25,26)23-9-7-22(8-10-23)13-17-11-20-21(12-19(17)24)28-14-27-20/h3-6,11-12,15,24H,7-10,13-14H2,1-2H3. The molecule has 2 aromatic carbocycles. The van der Waals surface area contributed by atoms with E-state index in [1.54, 1.807) is 24.3 Å². The third-order valence-corrected chi connectivity index (χ3v) is 7.40. The molecule has 2 heterocycles. The molecule has 0 aliphatic carbocycles. The zero-order chi connectivity index (χ0) is 20.6. The van der Waals surface area contributed by atoms with Crippen molar-refractivity contribution in [3.8, 4) is 17.2 Å². The quantitative estimate of drug-likeness (QED) is 0.804. The van der Waals surface area contributed by atoms with Crippen LogP contribution in [-0.4, -0.2) is 55.7 Å². The minimum absolute atomic E-state index is 0.160. The molecular weight excluding hydrogens is 392 g/mol. The van der Waals surface area contributed by atoms with Crippen LogP contribution in [0, 0.1) is 0 Å². The first kappa shape index (κ1) is 20.0. The summed E-state index contributed by atoms with van der Waals surface area (Å²) in [7, 11) is -3.50. The number of piperazine rings is 1. The van der Waals surface area contributed by atoms with Crippen LogP contribution in [0.1, 0.15) is 30.9 Å². The number of fused-ring (bicyclic) bond motifs is 1. The SMILES string of the molecule is CC(C)c1ccc(S(=O)(=O)N2CCN(Cc3cc4c(cc3O)OCO4)CC2)cc1. The second kappa shape index (κ2) is 7.85. The summed E-state index contributed by atoms with van der Waals surface area (Å²) in [6.07, 6.45) is 0. The van der Waals surface area contributed by atoms with E-state index in [1.165, 1.54) is 4.31 Å². The van der Waals surface area contributed by atoms with E-state index >= 15 is 0 Å². The van der Waals surface area contributed by atoms with Gasteiger partial charge in [-0.1, -0.05) is 26.0 Å². The maximum atomic E-state index is 13.0. The van der Waals surface area contributed by atoms with Crippen LogP contribution < -0.4 is 9.47 Å². The zero-order valence-electron chi connectivity index (χ0n) is 16.7. The number of phenolic OH excluding ortho intramolecular Hbond substituents is 1. The Hall–Kier alpha value is -2.29. The highest BCUT2D eigenvalue weighted by Gasteiger charge is 2.29. The van der Waals surface area contributed by atoms with Gasteiger partial charge in [-0.2, -0.15) is 4.31 Å². The molecule has 1 N–H and O–H groups in total. The van der Waals surface area contributed by atoms with Crippen molar-refractivity contribution >= 4 is 10.0 Å². The summed E-state index contributed by atoms with van der Waals surface area (Å²) in [4.78, 5) is 2.47. The number of ether oxygens (including phenoxy) is 2. The third kappa shape index (κ3) is 4.05. The summed E-state index contributed by atoms with van der Waals surface area (Å²) in [6, 6.07) is 10.5. The first-order valence-electron chi connectivity index (χ1n) is 9.78. The van der Waals surface area contributed by atoms with Crippen LogP contribution in [0.3, 0.4) is 0 Å². The third-order valence-electron chi connectivity index (χ3n) is 5.48. The van der Waals surface area contributed by atoms with Crippen molar-refractivity contribution in [3.05, 3.63) is 47.5 Å². The van der Waals surface area contributed by atoms with Gasteiger partial charge in [0.05, 0.1) is 4.90 Å². The smallest absolute Gasteiger partial charge is 0.243 e. The van der Waals surface area contributed by atoms with Gasteiger partial charge in [-0.25, -0.2) is 8.42 Å². The van der Waals surface area contributed by atoms with Crippen LogP contribution in [0.5, 0.6) is 17.2 Å². The minimum Gasteiger partial charge on any atom is -0.507 e. The van der Waals surface area contributed by atoms with Gasteiger partial charge in [0, 0.05) is 44.4 Å². The minimum atomic E-state index is -3.50. The van der Waals surface area contributed by atoms with Gasteiger partial charge in [0.2, 0.25) is 16.8 Å². The van der Waals surface area contributed by atoms with Gasteiger partial charge < -0.3 is 14.6 Å². The molecule has 7 nitrogen and oxygen atoms in total. The normalized spacial score (nSPS) is 17.8. The fourth-order valence-corrected chi connectivity index (χ4v) is 5.06. The van der Waals surface area contributed by atoms with Crippen LogP contribution in [0.15, 0.2) is 41.3 Å². The summed E-state index contributed by atoms with van der Waals surface area (Å²) < 4.78 is 38.1. The highest BCUT2D eigenvalue weighted by Crippen LogP contribution is 2.38. The number of nitrogens with zero attached hydrogens (tertiary/aromatic N) is 2. The Morgan fingerprint density at radius 3 is 2.24 bits per heavy atom. The Kier molecular flexibility index (Phi) is 5.42. The van der Waals surface area contributed by atoms with Crippen molar-refractivity contribution in [1.29, 1.82) is 0 Å². The van der Waals surface area contributed by atoms with Crippen molar-refractivity contribution in [2.75, 3.05) is 33.0 Å². The fourth-order valence-electron chi connectivity index (χ4n) is 3.64. The summed E-state index contributed by atoms with van der Waals surface area (Å²) >= 11 is 0. The molecule has 29 heavy (non-hydrogen) atoms. The Labute approximate surface area is 171 Å². The molecule has 2 aliphatic rings. The van der Waals surface area contributed by atoms with Crippen molar-refractivity contribution in [1.82, 2.24) is 9.21 Å². The number of hydrogen-bond donors (Lipinski definition) is 1. The highest BCUT2D eigenvalue weighted by molar-refractivity contribution is 7.89. The van der Waals surface area contributed by atoms with Crippen molar-refractivity contribution in [2.24, 2.45) is 0 Å². The fraction of sp³-hybridized carbons (Fsp3) is 0.429. The average molecular weight is 419 g/mol. The lowest BCUT2D eigenvalue weighted by Gasteiger charge is -2.34. The van der Waals surface area contributed by atoms with E-state index in [2.05, 4.69) is 18.7 Å². The van der Waals surface area contributed by atoms with Gasteiger partial charge in [0.25, 0.3) is 0 Å². The maximum Gasteiger partial charge on any atom is 0.243 e. The zero-order valence-corrected chi connectivity index (χ0v) is 17.5. The Bertz CT molecular complexity index is 981. The van der Waals surface area contributed by atoms with Crippen LogP contribution >= 0.6 is 0 Å². The number of sulfonamides is 1. The predicted octanol–water partition coefficient (Wildman–Crippen LogP) is 2.75. The molecular formula is C21H26N2O5S. The molecule has 0 amide bonds. The first-order valence-corrected chi connectivity index (χ1v) is 11.2. The Morgan fingerprint density at radius 2 is 1.62 bits per heavy atom. The average Bonchev–Trinajstić information content (AvgIpc) is 3.16. The largest absolute Gasteiger partial charge is 0.507 e. The van der Waals surface area contributed by atoms with Gasteiger partial charge in [0.15, 0.2) is 11.5 Å².